The maximum absolute atomic E-state index is 12.8. The average Bonchev–Trinajstić information content (AvgIpc) is 2.97. The molecule has 2 heterocycles. The smallest absolute Gasteiger partial charge is 0.282 e. The van der Waals surface area contributed by atoms with Gasteiger partial charge < -0.3 is 5.73 Å². The van der Waals surface area contributed by atoms with Crippen LogP contribution in [0.25, 0.3) is 0 Å². The van der Waals surface area contributed by atoms with Crippen molar-refractivity contribution in [3.63, 3.8) is 0 Å². The van der Waals surface area contributed by atoms with Crippen molar-refractivity contribution in [2.24, 2.45) is 11.7 Å². The van der Waals surface area contributed by atoms with Gasteiger partial charge in [-0.15, -0.1) is 0 Å². The van der Waals surface area contributed by atoms with Gasteiger partial charge in [-0.2, -0.15) is 17.0 Å². The van der Waals surface area contributed by atoms with Crippen LogP contribution in [0.4, 0.5) is 0 Å². The highest BCUT2D eigenvalue weighted by Gasteiger charge is 2.37. The molecule has 2 N–H and O–H groups in total. The Morgan fingerprint density at radius 1 is 1.19 bits per heavy atom. The fraction of sp³-hybridized carbons (Fsp3) is 0.600. The van der Waals surface area contributed by atoms with Gasteiger partial charge >= 0.3 is 0 Å². The number of rotatable bonds is 3. The Kier molecular flexibility index (Phi) is 4.05. The molecule has 1 aromatic carbocycles. The highest BCUT2D eigenvalue weighted by atomic mass is 32.2. The van der Waals surface area contributed by atoms with Crippen LogP contribution in [0.5, 0.6) is 0 Å². The third-order valence-corrected chi connectivity index (χ3v) is 6.63. The molecule has 0 amide bonds. The first-order valence-corrected chi connectivity index (χ1v) is 8.96. The molecule has 2 aliphatic rings. The molecule has 0 spiro atoms. The summed E-state index contributed by atoms with van der Waals surface area (Å²) in [7, 11) is -3.36. The Morgan fingerprint density at radius 2 is 1.90 bits per heavy atom. The third kappa shape index (κ3) is 2.85. The second kappa shape index (κ2) is 5.68. The molecule has 0 radical (unpaired) electrons. The largest absolute Gasteiger partial charge is 0.328 e. The van der Waals surface area contributed by atoms with Crippen molar-refractivity contribution in [3.05, 3.63) is 35.4 Å². The zero-order valence-electron chi connectivity index (χ0n) is 12.4. The van der Waals surface area contributed by atoms with Crippen LogP contribution in [0.3, 0.4) is 0 Å². The van der Waals surface area contributed by atoms with E-state index in [1.807, 2.05) is 25.1 Å². The van der Waals surface area contributed by atoms with Crippen molar-refractivity contribution >= 4 is 10.2 Å². The molecule has 1 fully saturated rings. The SMILES string of the molecule is CC(N)C1CCN(S(=O)(=O)N2CCc3ccccc3C2)C1. The number of fused-ring (bicyclic) bond motifs is 1. The van der Waals surface area contributed by atoms with Gasteiger partial charge in [0.05, 0.1) is 0 Å². The second-order valence-electron chi connectivity index (χ2n) is 6.13. The average molecular weight is 309 g/mol. The van der Waals surface area contributed by atoms with Gasteiger partial charge in [0.1, 0.15) is 0 Å². The number of nitrogens with two attached hydrogens (primary N) is 1. The second-order valence-corrected chi connectivity index (χ2v) is 8.05. The summed E-state index contributed by atoms with van der Waals surface area (Å²) in [5, 5.41) is 0. The van der Waals surface area contributed by atoms with Crippen LogP contribution < -0.4 is 5.73 Å². The van der Waals surface area contributed by atoms with Crippen molar-refractivity contribution < 1.29 is 8.42 Å². The van der Waals surface area contributed by atoms with E-state index >= 15 is 0 Å². The predicted molar refractivity (Wildman–Crippen MR) is 82.8 cm³/mol. The number of benzene rings is 1. The van der Waals surface area contributed by atoms with E-state index in [2.05, 4.69) is 6.07 Å². The summed E-state index contributed by atoms with van der Waals surface area (Å²) in [4.78, 5) is 0. The number of hydrogen-bond donors (Lipinski definition) is 1. The van der Waals surface area contributed by atoms with Crippen LogP contribution in [-0.2, 0) is 23.2 Å². The number of hydrogen-bond acceptors (Lipinski definition) is 3. The summed E-state index contributed by atoms with van der Waals surface area (Å²) in [6, 6.07) is 8.13. The van der Waals surface area contributed by atoms with E-state index < -0.39 is 10.2 Å². The first-order chi connectivity index (χ1) is 9.98. The van der Waals surface area contributed by atoms with Crippen LogP contribution in [0, 0.1) is 5.92 Å². The summed E-state index contributed by atoms with van der Waals surface area (Å²) >= 11 is 0. The summed E-state index contributed by atoms with van der Waals surface area (Å²) < 4.78 is 28.8. The molecule has 0 saturated carbocycles. The van der Waals surface area contributed by atoms with Crippen LogP contribution in [0.15, 0.2) is 24.3 Å². The summed E-state index contributed by atoms with van der Waals surface area (Å²) in [5.41, 5.74) is 8.29. The fourth-order valence-electron chi connectivity index (χ4n) is 3.22. The zero-order chi connectivity index (χ0) is 15.0. The van der Waals surface area contributed by atoms with Crippen molar-refractivity contribution in [2.75, 3.05) is 19.6 Å². The van der Waals surface area contributed by atoms with E-state index in [0.29, 0.717) is 26.2 Å². The molecule has 6 heteroatoms. The lowest BCUT2D eigenvalue weighted by molar-refractivity contribution is 0.338. The van der Waals surface area contributed by atoms with Gasteiger partial charge in [-0.05, 0) is 36.8 Å². The van der Waals surface area contributed by atoms with Gasteiger partial charge in [0, 0.05) is 32.2 Å². The Bertz CT molecular complexity index is 615. The number of nitrogens with zero attached hydrogens (tertiary/aromatic N) is 2. The molecule has 5 nitrogen and oxygen atoms in total. The maximum Gasteiger partial charge on any atom is 0.282 e. The predicted octanol–water partition coefficient (Wildman–Crippen LogP) is 0.959. The van der Waals surface area contributed by atoms with E-state index in [-0.39, 0.29) is 12.0 Å². The van der Waals surface area contributed by atoms with Crippen molar-refractivity contribution in [2.45, 2.75) is 32.4 Å². The molecular formula is C15H23N3O2S. The molecule has 0 aliphatic carbocycles. The van der Waals surface area contributed by atoms with Crippen LogP contribution in [0.1, 0.15) is 24.5 Å². The first kappa shape index (κ1) is 15.0. The molecule has 0 aromatic heterocycles. The topological polar surface area (TPSA) is 66.6 Å². The van der Waals surface area contributed by atoms with E-state index in [1.165, 1.54) is 5.56 Å². The van der Waals surface area contributed by atoms with Gasteiger partial charge in [0.25, 0.3) is 10.2 Å². The Labute approximate surface area is 126 Å². The minimum absolute atomic E-state index is 0.0484. The summed E-state index contributed by atoms with van der Waals surface area (Å²) in [5.74, 6) is 0.275. The summed E-state index contributed by atoms with van der Waals surface area (Å²) in [6.45, 7) is 4.15. The van der Waals surface area contributed by atoms with Gasteiger partial charge in [0.15, 0.2) is 0 Å². The van der Waals surface area contributed by atoms with E-state index in [9.17, 15) is 8.42 Å². The highest BCUT2D eigenvalue weighted by molar-refractivity contribution is 7.86. The molecule has 116 valence electrons. The quantitative estimate of drug-likeness (QED) is 0.904. The molecule has 0 bridgehead atoms. The van der Waals surface area contributed by atoms with Crippen LogP contribution >= 0.6 is 0 Å². The van der Waals surface area contributed by atoms with Crippen molar-refractivity contribution in [3.8, 4) is 0 Å². The molecule has 2 atom stereocenters. The van der Waals surface area contributed by atoms with Crippen molar-refractivity contribution in [1.29, 1.82) is 0 Å². The minimum Gasteiger partial charge on any atom is -0.328 e. The van der Waals surface area contributed by atoms with Crippen molar-refractivity contribution in [1.82, 2.24) is 8.61 Å². The lowest BCUT2D eigenvalue weighted by Crippen LogP contribution is -2.45. The maximum atomic E-state index is 12.8. The van der Waals surface area contributed by atoms with Gasteiger partial charge in [-0.1, -0.05) is 24.3 Å². The minimum atomic E-state index is -3.36. The first-order valence-electron chi connectivity index (χ1n) is 7.56. The Morgan fingerprint density at radius 3 is 2.57 bits per heavy atom. The van der Waals surface area contributed by atoms with E-state index in [4.69, 9.17) is 5.73 Å². The summed E-state index contributed by atoms with van der Waals surface area (Å²) in [6.07, 6.45) is 1.65. The lowest BCUT2D eigenvalue weighted by Gasteiger charge is -2.31. The molecule has 1 saturated heterocycles. The van der Waals surface area contributed by atoms with Crippen LogP contribution in [0.2, 0.25) is 0 Å². The molecule has 3 rings (SSSR count). The van der Waals surface area contributed by atoms with Crippen LogP contribution in [-0.4, -0.2) is 42.7 Å². The zero-order valence-corrected chi connectivity index (χ0v) is 13.2. The normalized spacial score (nSPS) is 25.7. The molecular weight excluding hydrogens is 286 g/mol. The Hall–Kier alpha value is -0.950. The third-order valence-electron chi connectivity index (χ3n) is 4.68. The lowest BCUT2D eigenvalue weighted by atomic mass is 10.0. The van der Waals surface area contributed by atoms with Gasteiger partial charge in [-0.3, -0.25) is 0 Å². The Balaban J connectivity index is 1.75. The molecule has 2 unspecified atom stereocenters. The monoisotopic (exact) mass is 309 g/mol. The van der Waals surface area contributed by atoms with E-state index in [0.717, 1.165) is 18.4 Å². The van der Waals surface area contributed by atoms with Gasteiger partial charge in [-0.25, -0.2) is 0 Å². The molecule has 1 aromatic rings. The van der Waals surface area contributed by atoms with E-state index in [1.54, 1.807) is 8.61 Å². The highest BCUT2D eigenvalue weighted by Crippen LogP contribution is 2.27. The molecule has 2 aliphatic heterocycles. The molecule has 21 heavy (non-hydrogen) atoms. The standard InChI is InChI=1S/C15H23N3O2S/c1-12(16)14-7-9-17(10-14)21(19,20)18-8-6-13-4-2-3-5-15(13)11-18/h2-5,12,14H,6-11,16H2,1H3. The fourth-order valence-corrected chi connectivity index (χ4v) is 4.89. The van der Waals surface area contributed by atoms with Gasteiger partial charge in [0.2, 0.25) is 0 Å².